The van der Waals surface area contributed by atoms with Crippen molar-refractivity contribution in [3.63, 3.8) is 0 Å². The van der Waals surface area contributed by atoms with E-state index >= 15 is 0 Å². The molecule has 0 spiro atoms. The van der Waals surface area contributed by atoms with Gasteiger partial charge in [-0.2, -0.15) is 4.98 Å². The summed E-state index contributed by atoms with van der Waals surface area (Å²) in [5.74, 6) is 0.854. The molecule has 1 aromatic carbocycles. The molecule has 0 radical (unpaired) electrons. The zero-order valence-electron chi connectivity index (χ0n) is 21.0. The van der Waals surface area contributed by atoms with E-state index in [1.165, 1.54) is 17.3 Å². The lowest BCUT2D eigenvalue weighted by Gasteiger charge is -2.25. The van der Waals surface area contributed by atoms with Crippen LogP contribution in [0.5, 0.6) is 0 Å². The normalized spacial score (nSPS) is 13.6. The SMILES string of the molecule is C=CCNC(=O)c1cnc(Nc2ccc3c(c2)CN(C)CC3)nc1Nc1cccc(C(C)(C)CO)n1. The van der Waals surface area contributed by atoms with Crippen molar-refractivity contribution in [2.24, 2.45) is 0 Å². The summed E-state index contributed by atoms with van der Waals surface area (Å²) in [7, 11) is 2.12. The number of benzene rings is 1. The Balaban J connectivity index is 1.64. The number of fused-ring (bicyclic) bond motifs is 1. The minimum atomic E-state index is -0.513. The molecule has 1 amide bonds. The van der Waals surface area contributed by atoms with Gasteiger partial charge in [0.2, 0.25) is 5.95 Å². The monoisotopic (exact) mass is 487 g/mol. The molecule has 4 N–H and O–H groups in total. The second-order valence-corrected chi connectivity index (χ2v) is 9.63. The number of likely N-dealkylation sites (N-methyl/N-ethyl adjacent to an activating group) is 1. The Bertz CT molecular complexity index is 1260. The second kappa shape index (κ2) is 10.8. The first-order valence-electron chi connectivity index (χ1n) is 12.0. The van der Waals surface area contributed by atoms with Crippen molar-refractivity contribution in [2.45, 2.75) is 32.2 Å². The number of pyridine rings is 1. The molecule has 2 aromatic heterocycles. The third kappa shape index (κ3) is 5.87. The van der Waals surface area contributed by atoms with E-state index in [9.17, 15) is 9.90 Å². The summed E-state index contributed by atoms with van der Waals surface area (Å²) in [6, 6.07) is 11.8. The van der Waals surface area contributed by atoms with E-state index in [4.69, 9.17) is 0 Å². The van der Waals surface area contributed by atoms with Gasteiger partial charge in [0.1, 0.15) is 17.2 Å². The standard InChI is InChI=1S/C27H33N7O2/c1-5-12-28-25(36)21-15-29-26(30-20-10-9-18-11-13-34(4)16-19(18)14-20)33-24(21)32-23-8-6-7-22(31-23)27(2,3)17-35/h5-10,14-15,35H,1,11-13,16-17H2,2-4H3,(H,28,36)(H2,29,30,31,32,33). The number of carbonyl (C=O) groups excluding carboxylic acids is 1. The molecule has 0 saturated carbocycles. The van der Waals surface area contributed by atoms with Crippen LogP contribution in [0.1, 0.15) is 41.0 Å². The molecular formula is C27H33N7O2. The minimum absolute atomic E-state index is 0.0448. The first-order valence-corrected chi connectivity index (χ1v) is 12.0. The van der Waals surface area contributed by atoms with E-state index in [0.29, 0.717) is 24.1 Å². The Morgan fingerprint density at radius 2 is 2.03 bits per heavy atom. The first-order chi connectivity index (χ1) is 17.3. The van der Waals surface area contributed by atoms with E-state index in [2.05, 4.69) is 61.6 Å². The Hall–Kier alpha value is -3.82. The van der Waals surface area contributed by atoms with Gasteiger partial charge in [-0.1, -0.05) is 32.1 Å². The summed E-state index contributed by atoms with van der Waals surface area (Å²) in [5.41, 5.74) is 4.00. The minimum Gasteiger partial charge on any atom is -0.395 e. The molecule has 9 nitrogen and oxygen atoms in total. The van der Waals surface area contributed by atoms with Crippen LogP contribution in [0.4, 0.5) is 23.3 Å². The van der Waals surface area contributed by atoms with Gasteiger partial charge in [-0.25, -0.2) is 9.97 Å². The Kier molecular flexibility index (Phi) is 7.61. The molecule has 1 aliphatic rings. The van der Waals surface area contributed by atoms with Gasteiger partial charge in [-0.05, 0) is 48.9 Å². The van der Waals surface area contributed by atoms with Crippen LogP contribution in [0, 0.1) is 0 Å². The van der Waals surface area contributed by atoms with E-state index < -0.39 is 5.41 Å². The van der Waals surface area contributed by atoms with Crippen LogP contribution in [-0.2, 0) is 18.4 Å². The predicted molar refractivity (Wildman–Crippen MR) is 142 cm³/mol. The van der Waals surface area contributed by atoms with Crippen molar-refractivity contribution in [3.05, 3.63) is 77.6 Å². The summed E-state index contributed by atoms with van der Waals surface area (Å²) in [5, 5.41) is 18.9. The number of amides is 1. The Morgan fingerprint density at radius 1 is 1.19 bits per heavy atom. The number of anilines is 4. The molecule has 0 unspecified atom stereocenters. The molecule has 1 aliphatic heterocycles. The average Bonchev–Trinajstić information content (AvgIpc) is 2.87. The highest BCUT2D eigenvalue weighted by molar-refractivity contribution is 5.99. The maximum atomic E-state index is 12.8. The van der Waals surface area contributed by atoms with Gasteiger partial charge in [0, 0.05) is 36.9 Å². The molecular weight excluding hydrogens is 454 g/mol. The third-order valence-corrected chi connectivity index (χ3v) is 6.19. The number of carbonyl (C=O) groups is 1. The van der Waals surface area contributed by atoms with Crippen LogP contribution in [0.25, 0.3) is 0 Å². The van der Waals surface area contributed by atoms with Gasteiger partial charge in [0.05, 0.1) is 12.3 Å². The highest BCUT2D eigenvalue weighted by Crippen LogP contribution is 2.26. The van der Waals surface area contributed by atoms with Crippen molar-refractivity contribution in [3.8, 4) is 0 Å². The highest BCUT2D eigenvalue weighted by atomic mass is 16.3. The quantitative estimate of drug-likeness (QED) is 0.339. The number of hydrogen-bond donors (Lipinski definition) is 4. The largest absolute Gasteiger partial charge is 0.395 e. The molecule has 36 heavy (non-hydrogen) atoms. The van der Waals surface area contributed by atoms with Crippen molar-refractivity contribution in [1.82, 2.24) is 25.2 Å². The van der Waals surface area contributed by atoms with Crippen LogP contribution < -0.4 is 16.0 Å². The summed E-state index contributed by atoms with van der Waals surface area (Å²) >= 11 is 0. The molecule has 0 bridgehead atoms. The van der Waals surface area contributed by atoms with Gasteiger partial charge in [-0.15, -0.1) is 6.58 Å². The van der Waals surface area contributed by atoms with Crippen molar-refractivity contribution >= 4 is 29.2 Å². The smallest absolute Gasteiger partial charge is 0.256 e. The molecule has 0 saturated heterocycles. The molecule has 0 fully saturated rings. The molecule has 3 heterocycles. The van der Waals surface area contributed by atoms with Crippen LogP contribution in [0.15, 0.2) is 55.3 Å². The summed E-state index contributed by atoms with van der Waals surface area (Å²) < 4.78 is 0. The molecule has 188 valence electrons. The predicted octanol–water partition coefficient (Wildman–Crippen LogP) is 3.53. The van der Waals surface area contributed by atoms with Crippen LogP contribution >= 0.6 is 0 Å². The second-order valence-electron chi connectivity index (χ2n) is 9.63. The fourth-order valence-electron chi connectivity index (χ4n) is 3.95. The van der Waals surface area contributed by atoms with Gasteiger partial charge < -0.3 is 26.0 Å². The highest BCUT2D eigenvalue weighted by Gasteiger charge is 2.22. The maximum absolute atomic E-state index is 12.8. The van der Waals surface area contributed by atoms with Crippen molar-refractivity contribution in [2.75, 3.05) is 37.4 Å². The lowest BCUT2D eigenvalue weighted by molar-refractivity contribution is 0.0958. The topological polar surface area (TPSA) is 115 Å². The van der Waals surface area contributed by atoms with Crippen molar-refractivity contribution in [1.29, 1.82) is 0 Å². The Labute approximate surface area is 211 Å². The number of aliphatic hydroxyl groups is 1. The van der Waals surface area contributed by atoms with Crippen LogP contribution in [0.2, 0.25) is 0 Å². The van der Waals surface area contributed by atoms with Crippen LogP contribution in [-0.4, -0.2) is 57.6 Å². The molecule has 4 rings (SSSR count). The fraction of sp³-hybridized carbons (Fsp3) is 0.333. The zero-order valence-corrected chi connectivity index (χ0v) is 21.0. The summed E-state index contributed by atoms with van der Waals surface area (Å²) in [6.45, 7) is 9.70. The number of nitrogens with one attached hydrogen (secondary N) is 3. The molecule has 0 aliphatic carbocycles. The first kappa shape index (κ1) is 25.3. The third-order valence-electron chi connectivity index (χ3n) is 6.19. The number of nitrogens with zero attached hydrogens (tertiary/aromatic N) is 4. The number of rotatable bonds is 9. The number of aromatic nitrogens is 3. The van der Waals surface area contributed by atoms with Gasteiger partial charge in [-0.3, -0.25) is 4.79 Å². The Morgan fingerprint density at radius 3 is 2.81 bits per heavy atom. The lowest BCUT2D eigenvalue weighted by atomic mass is 9.90. The zero-order chi connectivity index (χ0) is 25.7. The lowest BCUT2D eigenvalue weighted by Crippen LogP contribution is -2.26. The fourth-order valence-corrected chi connectivity index (χ4v) is 3.95. The molecule has 9 heteroatoms. The van der Waals surface area contributed by atoms with E-state index in [1.807, 2.05) is 32.0 Å². The molecule has 0 atom stereocenters. The summed E-state index contributed by atoms with van der Waals surface area (Å²) in [4.78, 5) is 28.7. The number of aliphatic hydroxyl groups excluding tert-OH is 1. The number of hydrogen-bond acceptors (Lipinski definition) is 8. The van der Waals surface area contributed by atoms with Gasteiger partial charge in [0.15, 0.2) is 0 Å². The maximum Gasteiger partial charge on any atom is 0.256 e. The van der Waals surface area contributed by atoms with E-state index in [-0.39, 0.29) is 18.1 Å². The van der Waals surface area contributed by atoms with Crippen LogP contribution in [0.3, 0.4) is 0 Å². The molecule has 3 aromatic rings. The van der Waals surface area contributed by atoms with Gasteiger partial charge in [0.25, 0.3) is 5.91 Å². The average molecular weight is 488 g/mol. The summed E-state index contributed by atoms with van der Waals surface area (Å²) in [6.07, 6.45) is 4.13. The van der Waals surface area contributed by atoms with Gasteiger partial charge >= 0.3 is 0 Å². The van der Waals surface area contributed by atoms with E-state index in [1.54, 1.807) is 12.1 Å². The van der Waals surface area contributed by atoms with Crippen molar-refractivity contribution < 1.29 is 9.90 Å². The van der Waals surface area contributed by atoms with E-state index in [0.717, 1.165) is 30.9 Å².